The molecule has 0 aromatic heterocycles. The van der Waals surface area contributed by atoms with Crippen molar-refractivity contribution in [1.29, 1.82) is 0 Å². The zero-order valence-corrected chi connectivity index (χ0v) is 12.9. The molecule has 1 aromatic rings. The first-order valence-corrected chi connectivity index (χ1v) is 6.99. The molecule has 0 radical (unpaired) electrons. The van der Waals surface area contributed by atoms with Gasteiger partial charge in [-0.2, -0.15) is 0 Å². The largest absolute Gasteiger partial charge is 0.511 e. The maximum atomic E-state index is 12.1. The number of allylic oxidation sites excluding steroid dienone is 2. The number of carbonyl (C=O) groups is 2. The van der Waals surface area contributed by atoms with Gasteiger partial charge in [-0.25, -0.2) is 0 Å². The summed E-state index contributed by atoms with van der Waals surface area (Å²) >= 11 is 0. The highest BCUT2D eigenvalue weighted by molar-refractivity contribution is 6.15. The van der Waals surface area contributed by atoms with E-state index in [0.29, 0.717) is 36.1 Å². The van der Waals surface area contributed by atoms with Crippen molar-refractivity contribution in [2.24, 2.45) is 10.4 Å². The van der Waals surface area contributed by atoms with E-state index in [4.69, 9.17) is 4.74 Å². The van der Waals surface area contributed by atoms with E-state index in [0.717, 1.165) is 0 Å². The number of Topliss-reactive ketones (excluding diaryl/α,β-unsaturated/α-hetero) is 1. The first kappa shape index (κ1) is 15.9. The number of carbonyl (C=O) groups excluding carboxylic acids is 2. The second kappa shape index (κ2) is 6.13. The van der Waals surface area contributed by atoms with Crippen LogP contribution in [0.25, 0.3) is 0 Å². The molecule has 0 fully saturated rings. The van der Waals surface area contributed by atoms with Crippen LogP contribution in [0, 0.1) is 5.41 Å². The zero-order valence-electron chi connectivity index (χ0n) is 12.9. The molecule has 0 bridgehead atoms. The van der Waals surface area contributed by atoms with Gasteiger partial charge in [0.05, 0.1) is 12.7 Å². The van der Waals surface area contributed by atoms with E-state index < -0.39 is 0 Å². The lowest BCUT2D eigenvalue weighted by Gasteiger charge is -2.28. The molecule has 0 saturated heterocycles. The third kappa shape index (κ3) is 3.42. The van der Waals surface area contributed by atoms with Crippen LogP contribution < -0.4 is 4.74 Å². The van der Waals surface area contributed by atoms with Crippen LogP contribution in [0.15, 0.2) is 34.5 Å². The van der Waals surface area contributed by atoms with Crippen molar-refractivity contribution >= 4 is 24.0 Å². The number of aliphatic imine (C=N–C) groups is 1. The molecular formula is C17H19NO4. The maximum absolute atomic E-state index is 12.1. The van der Waals surface area contributed by atoms with Crippen molar-refractivity contribution in [3.8, 4) is 5.75 Å². The Bertz CT molecular complexity index is 671. The Kier molecular flexibility index (Phi) is 4.45. The van der Waals surface area contributed by atoms with Crippen molar-refractivity contribution in [2.75, 3.05) is 7.11 Å². The van der Waals surface area contributed by atoms with Crippen molar-refractivity contribution < 1.29 is 19.4 Å². The van der Waals surface area contributed by atoms with Crippen LogP contribution in [-0.2, 0) is 4.79 Å². The molecule has 2 rings (SSSR count). The number of ketones is 1. The topological polar surface area (TPSA) is 76.0 Å². The minimum atomic E-state index is -0.242. The van der Waals surface area contributed by atoms with Crippen LogP contribution in [0.3, 0.4) is 0 Å². The van der Waals surface area contributed by atoms with E-state index in [9.17, 15) is 14.7 Å². The van der Waals surface area contributed by atoms with Crippen LogP contribution >= 0.6 is 0 Å². The fourth-order valence-corrected chi connectivity index (χ4v) is 2.46. The summed E-state index contributed by atoms with van der Waals surface area (Å²) < 4.78 is 5.18. The Morgan fingerprint density at radius 1 is 1.32 bits per heavy atom. The fourth-order valence-electron chi connectivity index (χ4n) is 2.46. The zero-order chi connectivity index (χ0) is 16.3. The standard InChI is InChI=1S/C17H19NO4/c1-17(2)7-14(20)12(15(21)8-17)9-18-13-6-11(10-19)4-5-16(13)22-3/h4-6,9-10,20H,7-8H2,1-3H3. The molecule has 0 atom stereocenters. The van der Waals surface area contributed by atoms with Crippen molar-refractivity contribution in [1.82, 2.24) is 0 Å². The van der Waals surface area contributed by atoms with E-state index in [1.807, 2.05) is 13.8 Å². The van der Waals surface area contributed by atoms with E-state index in [-0.39, 0.29) is 22.5 Å². The molecule has 1 N–H and O–H groups in total. The molecule has 0 aliphatic heterocycles. The lowest BCUT2D eigenvalue weighted by atomic mass is 9.77. The molecule has 0 spiro atoms. The molecule has 5 heteroatoms. The van der Waals surface area contributed by atoms with Gasteiger partial charge in [-0.05, 0) is 23.6 Å². The molecule has 1 aromatic carbocycles. The van der Waals surface area contributed by atoms with Crippen LogP contribution in [0.1, 0.15) is 37.0 Å². The molecule has 0 amide bonds. The monoisotopic (exact) mass is 301 g/mol. The van der Waals surface area contributed by atoms with E-state index in [2.05, 4.69) is 4.99 Å². The number of hydrogen-bond donors (Lipinski definition) is 1. The average Bonchev–Trinajstić information content (AvgIpc) is 2.44. The van der Waals surface area contributed by atoms with Crippen molar-refractivity contribution in [3.63, 3.8) is 0 Å². The third-order valence-electron chi connectivity index (χ3n) is 3.57. The predicted molar refractivity (Wildman–Crippen MR) is 84.2 cm³/mol. The molecular weight excluding hydrogens is 282 g/mol. The number of aliphatic hydroxyl groups excluding tert-OH is 1. The highest BCUT2D eigenvalue weighted by Crippen LogP contribution is 2.35. The lowest BCUT2D eigenvalue weighted by molar-refractivity contribution is -0.117. The summed E-state index contributed by atoms with van der Waals surface area (Å²) in [6.45, 7) is 3.87. The van der Waals surface area contributed by atoms with Gasteiger partial charge in [0.2, 0.25) is 0 Å². The number of rotatable bonds is 4. The summed E-state index contributed by atoms with van der Waals surface area (Å²) in [7, 11) is 1.50. The highest BCUT2D eigenvalue weighted by Gasteiger charge is 2.32. The fraction of sp³-hybridized carbons (Fsp3) is 0.353. The normalized spacial score (nSPS) is 17.9. The number of methoxy groups -OCH3 is 1. The second-order valence-corrected chi connectivity index (χ2v) is 6.11. The first-order valence-electron chi connectivity index (χ1n) is 6.99. The van der Waals surface area contributed by atoms with E-state index >= 15 is 0 Å². The molecule has 22 heavy (non-hydrogen) atoms. The SMILES string of the molecule is COc1ccc(C=O)cc1N=CC1=C(O)CC(C)(C)CC1=O. The van der Waals surface area contributed by atoms with Crippen LogP contribution in [-0.4, -0.2) is 30.5 Å². The van der Waals surface area contributed by atoms with Gasteiger partial charge in [0.15, 0.2) is 5.78 Å². The highest BCUT2D eigenvalue weighted by atomic mass is 16.5. The molecule has 1 aliphatic rings. The maximum Gasteiger partial charge on any atom is 0.168 e. The number of benzene rings is 1. The number of aliphatic hydroxyl groups is 1. The Morgan fingerprint density at radius 3 is 2.64 bits per heavy atom. The minimum Gasteiger partial charge on any atom is -0.511 e. The van der Waals surface area contributed by atoms with Gasteiger partial charge < -0.3 is 9.84 Å². The van der Waals surface area contributed by atoms with Gasteiger partial charge in [0.25, 0.3) is 0 Å². The van der Waals surface area contributed by atoms with E-state index in [1.54, 1.807) is 18.2 Å². The Labute approximate surface area is 129 Å². The van der Waals surface area contributed by atoms with Crippen LogP contribution in [0.4, 0.5) is 5.69 Å². The van der Waals surface area contributed by atoms with Crippen molar-refractivity contribution in [3.05, 3.63) is 35.1 Å². The Morgan fingerprint density at radius 2 is 2.05 bits per heavy atom. The van der Waals surface area contributed by atoms with Gasteiger partial charge in [-0.15, -0.1) is 0 Å². The second-order valence-electron chi connectivity index (χ2n) is 6.11. The van der Waals surface area contributed by atoms with Crippen LogP contribution in [0.2, 0.25) is 0 Å². The van der Waals surface area contributed by atoms with Gasteiger partial charge in [0, 0.05) is 24.6 Å². The summed E-state index contributed by atoms with van der Waals surface area (Å²) in [6, 6.07) is 4.82. The van der Waals surface area contributed by atoms with Gasteiger partial charge in [-0.1, -0.05) is 13.8 Å². The quantitative estimate of drug-likeness (QED) is 0.683. The summed E-state index contributed by atoms with van der Waals surface area (Å²) in [5.41, 5.74) is 0.873. The Hall–Kier alpha value is -2.43. The lowest BCUT2D eigenvalue weighted by Crippen LogP contribution is -2.26. The number of aldehydes is 1. The molecule has 5 nitrogen and oxygen atoms in total. The first-order chi connectivity index (χ1) is 10.4. The summed E-state index contributed by atoms with van der Waals surface area (Å²) in [4.78, 5) is 27.2. The summed E-state index contributed by atoms with van der Waals surface area (Å²) in [5.74, 6) is 0.407. The number of nitrogens with zero attached hydrogens (tertiary/aromatic N) is 1. The average molecular weight is 301 g/mol. The number of hydrogen-bond acceptors (Lipinski definition) is 5. The van der Waals surface area contributed by atoms with Gasteiger partial charge in [-0.3, -0.25) is 14.6 Å². The molecule has 1 aliphatic carbocycles. The predicted octanol–water partition coefficient (Wildman–Crippen LogP) is 3.41. The van der Waals surface area contributed by atoms with E-state index in [1.165, 1.54) is 13.3 Å². The van der Waals surface area contributed by atoms with Gasteiger partial charge in [0.1, 0.15) is 23.5 Å². The molecule has 116 valence electrons. The Balaban J connectivity index is 2.36. The van der Waals surface area contributed by atoms with Crippen LogP contribution in [0.5, 0.6) is 5.75 Å². The summed E-state index contributed by atoms with van der Waals surface area (Å²) in [6.07, 6.45) is 2.86. The number of ether oxygens (including phenoxy) is 1. The molecule has 0 saturated carbocycles. The van der Waals surface area contributed by atoms with Gasteiger partial charge >= 0.3 is 0 Å². The third-order valence-corrected chi connectivity index (χ3v) is 3.57. The summed E-state index contributed by atoms with van der Waals surface area (Å²) in [5, 5.41) is 10.1. The molecule has 0 unspecified atom stereocenters. The minimum absolute atomic E-state index is 0.0514. The molecule has 0 heterocycles. The smallest absolute Gasteiger partial charge is 0.168 e. The van der Waals surface area contributed by atoms with Crippen molar-refractivity contribution in [2.45, 2.75) is 26.7 Å².